The van der Waals surface area contributed by atoms with Crippen LogP contribution in [-0.4, -0.2) is 51.1 Å². The number of rotatable bonds is 10. The zero-order chi connectivity index (χ0) is 25.7. The van der Waals surface area contributed by atoms with Gasteiger partial charge in [-0.1, -0.05) is 12.1 Å². The first-order valence-corrected chi connectivity index (χ1v) is 11.5. The molecule has 0 atom stereocenters. The van der Waals surface area contributed by atoms with Crippen LogP contribution in [0.1, 0.15) is 37.8 Å². The molecule has 0 bridgehead atoms. The maximum absolute atomic E-state index is 12.9. The summed E-state index contributed by atoms with van der Waals surface area (Å²) in [6.45, 7) is 4.46. The standard InChI is InChI=1S/C27H28N2O7/c1-17-5-4-6-23(18(17)2)34-15-22(30)19-7-9-24-21(13-19)29(26(31)16-35-24)14-20-8-10-25(36-20)27(32)28-11-12-33-3/h4-10,13H,11-12,14-16H2,1-3H3,(H,28,32). The number of fused-ring (bicyclic) bond motifs is 1. The molecule has 9 nitrogen and oxygen atoms in total. The van der Waals surface area contributed by atoms with Gasteiger partial charge in [0.25, 0.3) is 11.8 Å². The largest absolute Gasteiger partial charge is 0.485 e. The van der Waals surface area contributed by atoms with Gasteiger partial charge in [-0.05, 0) is 61.4 Å². The summed E-state index contributed by atoms with van der Waals surface area (Å²) in [5.41, 5.74) is 2.89. The van der Waals surface area contributed by atoms with Gasteiger partial charge in [0.05, 0.1) is 18.8 Å². The number of nitrogens with one attached hydrogen (secondary N) is 1. The van der Waals surface area contributed by atoms with E-state index in [0.29, 0.717) is 41.7 Å². The number of anilines is 1. The van der Waals surface area contributed by atoms with Crippen molar-refractivity contribution in [1.29, 1.82) is 0 Å². The molecule has 1 aromatic heterocycles. The number of nitrogens with zero attached hydrogens (tertiary/aromatic N) is 1. The Morgan fingerprint density at radius 2 is 1.94 bits per heavy atom. The molecule has 0 radical (unpaired) electrons. The minimum Gasteiger partial charge on any atom is -0.485 e. The van der Waals surface area contributed by atoms with Crippen molar-refractivity contribution >= 4 is 23.3 Å². The molecule has 0 saturated carbocycles. The van der Waals surface area contributed by atoms with Crippen LogP contribution < -0.4 is 19.7 Å². The summed E-state index contributed by atoms with van der Waals surface area (Å²) < 4.78 is 21.9. The summed E-state index contributed by atoms with van der Waals surface area (Å²) in [5.74, 6) is 0.791. The molecule has 2 amide bonds. The molecule has 0 fully saturated rings. The van der Waals surface area contributed by atoms with E-state index in [1.165, 1.54) is 4.90 Å². The van der Waals surface area contributed by atoms with E-state index in [-0.39, 0.29) is 43.1 Å². The Hall–Kier alpha value is -4.11. The molecule has 0 aliphatic carbocycles. The second kappa shape index (κ2) is 11.1. The molecule has 2 heterocycles. The lowest BCUT2D eigenvalue weighted by Gasteiger charge is -2.29. The highest BCUT2D eigenvalue weighted by Crippen LogP contribution is 2.34. The van der Waals surface area contributed by atoms with Gasteiger partial charge in [0.15, 0.2) is 24.8 Å². The van der Waals surface area contributed by atoms with Gasteiger partial charge in [0, 0.05) is 19.2 Å². The fourth-order valence-electron chi connectivity index (χ4n) is 3.75. The fourth-order valence-corrected chi connectivity index (χ4v) is 3.75. The molecule has 188 valence electrons. The summed E-state index contributed by atoms with van der Waals surface area (Å²) in [4.78, 5) is 39.3. The lowest BCUT2D eigenvalue weighted by atomic mass is 10.1. The van der Waals surface area contributed by atoms with Crippen molar-refractivity contribution in [3.8, 4) is 11.5 Å². The number of amides is 2. The van der Waals surface area contributed by atoms with Crippen LogP contribution in [0.4, 0.5) is 5.69 Å². The molecular weight excluding hydrogens is 464 g/mol. The van der Waals surface area contributed by atoms with Gasteiger partial charge in [-0.2, -0.15) is 0 Å². The molecule has 1 N–H and O–H groups in total. The first-order chi connectivity index (χ1) is 17.4. The van der Waals surface area contributed by atoms with Crippen LogP contribution in [0.25, 0.3) is 0 Å². The minimum absolute atomic E-state index is 0.0805. The van der Waals surface area contributed by atoms with Crippen molar-refractivity contribution in [3.63, 3.8) is 0 Å². The van der Waals surface area contributed by atoms with Crippen molar-refractivity contribution in [2.45, 2.75) is 20.4 Å². The highest BCUT2D eigenvalue weighted by atomic mass is 16.5. The number of ether oxygens (including phenoxy) is 3. The zero-order valence-electron chi connectivity index (χ0n) is 20.5. The Bertz CT molecular complexity index is 1280. The summed E-state index contributed by atoms with van der Waals surface area (Å²) >= 11 is 0. The van der Waals surface area contributed by atoms with E-state index in [4.69, 9.17) is 18.6 Å². The van der Waals surface area contributed by atoms with Crippen LogP contribution in [0.3, 0.4) is 0 Å². The zero-order valence-corrected chi connectivity index (χ0v) is 20.5. The molecule has 9 heteroatoms. The van der Waals surface area contributed by atoms with Gasteiger partial charge in [-0.15, -0.1) is 0 Å². The number of hydrogen-bond donors (Lipinski definition) is 1. The van der Waals surface area contributed by atoms with Gasteiger partial charge in [0.1, 0.15) is 17.3 Å². The lowest BCUT2D eigenvalue weighted by Crippen LogP contribution is -2.38. The highest BCUT2D eigenvalue weighted by Gasteiger charge is 2.28. The molecule has 0 spiro atoms. The molecule has 0 unspecified atom stereocenters. The molecule has 4 rings (SSSR count). The summed E-state index contributed by atoms with van der Waals surface area (Å²) in [7, 11) is 1.55. The number of aryl methyl sites for hydroxylation is 1. The second-order valence-corrected chi connectivity index (χ2v) is 8.38. The van der Waals surface area contributed by atoms with E-state index in [9.17, 15) is 14.4 Å². The van der Waals surface area contributed by atoms with E-state index in [1.807, 2.05) is 32.0 Å². The maximum Gasteiger partial charge on any atom is 0.287 e. The molecule has 1 aliphatic rings. The fraction of sp³-hybridized carbons (Fsp3) is 0.296. The van der Waals surface area contributed by atoms with Crippen LogP contribution >= 0.6 is 0 Å². The minimum atomic E-state index is -0.372. The van der Waals surface area contributed by atoms with Gasteiger partial charge >= 0.3 is 0 Å². The van der Waals surface area contributed by atoms with Gasteiger partial charge in [0.2, 0.25) is 0 Å². The van der Waals surface area contributed by atoms with Crippen molar-refractivity contribution < 1.29 is 33.0 Å². The van der Waals surface area contributed by atoms with Gasteiger partial charge in [-0.3, -0.25) is 19.3 Å². The average Bonchev–Trinajstić information content (AvgIpc) is 3.35. The molecular formula is C27H28N2O7. The average molecular weight is 493 g/mol. The number of hydrogen-bond acceptors (Lipinski definition) is 7. The Morgan fingerprint density at radius 3 is 2.75 bits per heavy atom. The third kappa shape index (κ3) is 5.58. The number of carbonyl (C=O) groups excluding carboxylic acids is 3. The van der Waals surface area contributed by atoms with E-state index in [0.717, 1.165) is 11.1 Å². The Morgan fingerprint density at radius 1 is 1.11 bits per heavy atom. The first kappa shape index (κ1) is 25.0. The Labute approximate surface area is 208 Å². The van der Waals surface area contributed by atoms with Crippen molar-refractivity contribution in [3.05, 3.63) is 76.7 Å². The number of methoxy groups -OCH3 is 1. The number of ketones is 1. The summed E-state index contributed by atoms with van der Waals surface area (Å²) in [5, 5.41) is 2.68. The van der Waals surface area contributed by atoms with Crippen molar-refractivity contribution in [2.24, 2.45) is 0 Å². The molecule has 2 aromatic carbocycles. The molecule has 36 heavy (non-hydrogen) atoms. The third-order valence-electron chi connectivity index (χ3n) is 5.93. The number of furan rings is 1. The maximum atomic E-state index is 12.9. The quantitative estimate of drug-likeness (QED) is 0.341. The predicted molar refractivity (Wildman–Crippen MR) is 132 cm³/mol. The normalized spacial score (nSPS) is 12.6. The van der Waals surface area contributed by atoms with Crippen LogP contribution in [0.5, 0.6) is 11.5 Å². The number of benzene rings is 2. The van der Waals surface area contributed by atoms with E-state index < -0.39 is 0 Å². The van der Waals surface area contributed by atoms with Crippen LogP contribution in [0.2, 0.25) is 0 Å². The Balaban J connectivity index is 1.48. The molecule has 3 aromatic rings. The van der Waals surface area contributed by atoms with E-state index in [1.54, 1.807) is 37.4 Å². The third-order valence-corrected chi connectivity index (χ3v) is 5.93. The lowest BCUT2D eigenvalue weighted by molar-refractivity contribution is -0.121. The highest BCUT2D eigenvalue weighted by molar-refractivity contribution is 6.02. The predicted octanol–water partition coefficient (Wildman–Crippen LogP) is 3.46. The van der Waals surface area contributed by atoms with Crippen molar-refractivity contribution in [1.82, 2.24) is 5.32 Å². The monoisotopic (exact) mass is 492 g/mol. The summed E-state index contributed by atoms with van der Waals surface area (Å²) in [6, 6.07) is 13.8. The number of Topliss-reactive ketones (excluding diaryl/α,β-unsaturated/α-hetero) is 1. The van der Waals surface area contributed by atoms with Gasteiger partial charge in [-0.25, -0.2) is 0 Å². The summed E-state index contributed by atoms with van der Waals surface area (Å²) in [6.07, 6.45) is 0. The molecule has 0 saturated heterocycles. The topological polar surface area (TPSA) is 107 Å². The van der Waals surface area contributed by atoms with E-state index >= 15 is 0 Å². The van der Waals surface area contributed by atoms with E-state index in [2.05, 4.69) is 5.32 Å². The van der Waals surface area contributed by atoms with Crippen molar-refractivity contribution in [2.75, 3.05) is 38.4 Å². The van der Waals surface area contributed by atoms with Crippen LogP contribution in [0, 0.1) is 13.8 Å². The van der Waals surface area contributed by atoms with Gasteiger partial charge < -0.3 is 23.9 Å². The first-order valence-electron chi connectivity index (χ1n) is 11.5. The van der Waals surface area contributed by atoms with Crippen LogP contribution in [-0.2, 0) is 16.1 Å². The number of carbonyl (C=O) groups is 3. The second-order valence-electron chi connectivity index (χ2n) is 8.38. The Kier molecular flexibility index (Phi) is 7.70. The molecule has 1 aliphatic heterocycles. The van der Waals surface area contributed by atoms with Crippen LogP contribution in [0.15, 0.2) is 52.9 Å². The SMILES string of the molecule is COCCNC(=O)c1ccc(CN2C(=O)COc3ccc(C(=O)COc4cccc(C)c4C)cc32)o1. The smallest absolute Gasteiger partial charge is 0.287 e.